The Morgan fingerprint density at radius 1 is 1.24 bits per heavy atom. The molecule has 0 saturated carbocycles. The minimum Gasteiger partial charge on any atom is -0.468 e. The van der Waals surface area contributed by atoms with E-state index in [-0.39, 0.29) is 17.4 Å². The summed E-state index contributed by atoms with van der Waals surface area (Å²) in [6.45, 7) is 8.46. The molecule has 116 valence electrons. The van der Waals surface area contributed by atoms with Crippen molar-refractivity contribution in [2.24, 2.45) is 0 Å². The molecule has 0 bridgehead atoms. The molecule has 0 radical (unpaired) electrons. The number of carbonyl (C=O) groups excluding carboxylic acids is 1. The lowest BCUT2D eigenvalue weighted by Gasteiger charge is -2.33. The van der Waals surface area contributed by atoms with Crippen molar-refractivity contribution in [2.75, 3.05) is 13.7 Å². The molecule has 1 aromatic carbocycles. The molecule has 1 aliphatic heterocycles. The van der Waals surface area contributed by atoms with E-state index in [0.717, 1.165) is 32.4 Å². The Morgan fingerprint density at radius 2 is 1.90 bits per heavy atom. The highest BCUT2D eigenvalue weighted by atomic mass is 16.5. The lowest BCUT2D eigenvalue weighted by molar-refractivity contribution is -0.148. The van der Waals surface area contributed by atoms with Crippen molar-refractivity contribution in [2.45, 2.75) is 58.0 Å². The van der Waals surface area contributed by atoms with Gasteiger partial charge in [0, 0.05) is 6.54 Å². The lowest BCUT2D eigenvalue weighted by atomic mass is 9.86. The standard InChI is InChI=1S/C18H27NO2/c1-18(2,3)15-10-8-14(9-11-15)13-19-12-6-5-7-16(19)17(20)21-4/h8-11,16H,5-7,12-13H2,1-4H3. The molecular formula is C18H27NO2. The van der Waals surface area contributed by atoms with Crippen LogP contribution in [0.25, 0.3) is 0 Å². The molecule has 21 heavy (non-hydrogen) atoms. The predicted octanol–water partition coefficient (Wildman–Crippen LogP) is 3.51. The maximum absolute atomic E-state index is 11.9. The first-order chi connectivity index (χ1) is 9.91. The highest BCUT2D eigenvalue weighted by Crippen LogP contribution is 2.24. The van der Waals surface area contributed by atoms with Crippen molar-refractivity contribution in [3.8, 4) is 0 Å². The normalized spacial score (nSPS) is 20.3. The molecule has 0 amide bonds. The summed E-state index contributed by atoms with van der Waals surface area (Å²) in [5.74, 6) is -0.0963. The average molecular weight is 289 g/mol. The van der Waals surface area contributed by atoms with Gasteiger partial charge >= 0.3 is 5.97 Å². The Morgan fingerprint density at radius 3 is 2.48 bits per heavy atom. The van der Waals surface area contributed by atoms with Crippen LogP contribution in [-0.2, 0) is 21.5 Å². The summed E-state index contributed by atoms with van der Waals surface area (Å²) in [5.41, 5.74) is 2.78. The van der Waals surface area contributed by atoms with E-state index in [1.165, 1.54) is 18.2 Å². The SMILES string of the molecule is COC(=O)C1CCCCN1Cc1ccc(C(C)(C)C)cc1. The van der Waals surface area contributed by atoms with Crippen LogP contribution in [0.2, 0.25) is 0 Å². The molecule has 0 aromatic heterocycles. The van der Waals surface area contributed by atoms with Gasteiger partial charge in [-0.1, -0.05) is 51.5 Å². The first kappa shape index (κ1) is 16.0. The molecule has 1 heterocycles. The fourth-order valence-electron chi connectivity index (χ4n) is 2.93. The summed E-state index contributed by atoms with van der Waals surface area (Å²) in [4.78, 5) is 14.1. The van der Waals surface area contributed by atoms with Crippen LogP contribution < -0.4 is 0 Å². The zero-order valence-electron chi connectivity index (χ0n) is 13.7. The van der Waals surface area contributed by atoms with E-state index in [4.69, 9.17) is 4.74 Å². The molecular weight excluding hydrogens is 262 g/mol. The molecule has 0 aliphatic carbocycles. The molecule has 1 atom stereocenters. The van der Waals surface area contributed by atoms with Gasteiger partial charge in [-0.25, -0.2) is 0 Å². The molecule has 0 spiro atoms. The fraction of sp³-hybridized carbons (Fsp3) is 0.611. The third-order valence-electron chi connectivity index (χ3n) is 4.29. The van der Waals surface area contributed by atoms with Gasteiger partial charge in [0.1, 0.15) is 6.04 Å². The van der Waals surface area contributed by atoms with Gasteiger partial charge in [-0.3, -0.25) is 9.69 Å². The number of carbonyl (C=O) groups is 1. The smallest absolute Gasteiger partial charge is 0.323 e. The molecule has 0 N–H and O–H groups in total. The third kappa shape index (κ3) is 4.07. The number of piperidine rings is 1. The zero-order chi connectivity index (χ0) is 15.5. The number of hydrogen-bond donors (Lipinski definition) is 0. The van der Waals surface area contributed by atoms with Crippen LogP contribution >= 0.6 is 0 Å². The number of hydrogen-bond acceptors (Lipinski definition) is 3. The van der Waals surface area contributed by atoms with Gasteiger partial charge in [0.2, 0.25) is 0 Å². The highest BCUT2D eigenvalue weighted by Gasteiger charge is 2.29. The van der Waals surface area contributed by atoms with Crippen LogP contribution in [0.3, 0.4) is 0 Å². The summed E-state index contributed by atoms with van der Waals surface area (Å²) in [7, 11) is 1.48. The van der Waals surface area contributed by atoms with E-state index in [2.05, 4.69) is 49.9 Å². The van der Waals surface area contributed by atoms with Crippen LogP contribution in [0, 0.1) is 0 Å². The van der Waals surface area contributed by atoms with Crippen LogP contribution in [-0.4, -0.2) is 30.6 Å². The third-order valence-corrected chi connectivity index (χ3v) is 4.29. The number of benzene rings is 1. The summed E-state index contributed by atoms with van der Waals surface area (Å²) in [6.07, 6.45) is 3.18. The van der Waals surface area contributed by atoms with Crippen LogP contribution in [0.4, 0.5) is 0 Å². The second-order valence-corrected chi connectivity index (χ2v) is 6.95. The first-order valence-corrected chi connectivity index (χ1v) is 7.83. The Labute approximate surface area is 128 Å². The lowest BCUT2D eigenvalue weighted by Crippen LogP contribution is -2.44. The van der Waals surface area contributed by atoms with Gasteiger partial charge in [-0.05, 0) is 35.9 Å². The molecule has 1 unspecified atom stereocenters. The Hall–Kier alpha value is -1.35. The van der Waals surface area contributed by atoms with E-state index >= 15 is 0 Å². The summed E-state index contributed by atoms with van der Waals surface area (Å²) >= 11 is 0. The quantitative estimate of drug-likeness (QED) is 0.798. The second-order valence-electron chi connectivity index (χ2n) is 6.95. The number of methoxy groups -OCH3 is 1. The Kier molecular flexibility index (Phi) is 5.04. The molecule has 1 saturated heterocycles. The number of ether oxygens (including phenoxy) is 1. The van der Waals surface area contributed by atoms with E-state index in [1.807, 2.05) is 0 Å². The Balaban J connectivity index is 2.07. The number of rotatable bonds is 3. The van der Waals surface area contributed by atoms with E-state index in [0.29, 0.717) is 0 Å². The Bertz CT molecular complexity index is 473. The number of esters is 1. The first-order valence-electron chi connectivity index (χ1n) is 7.83. The topological polar surface area (TPSA) is 29.5 Å². The van der Waals surface area contributed by atoms with Gasteiger partial charge in [0.05, 0.1) is 7.11 Å². The number of likely N-dealkylation sites (tertiary alicyclic amines) is 1. The minimum absolute atomic E-state index is 0.0777. The highest BCUT2D eigenvalue weighted by molar-refractivity contribution is 5.75. The van der Waals surface area contributed by atoms with Crippen molar-refractivity contribution in [3.05, 3.63) is 35.4 Å². The molecule has 1 aliphatic rings. The van der Waals surface area contributed by atoms with Gasteiger partial charge < -0.3 is 4.74 Å². The van der Waals surface area contributed by atoms with Crippen molar-refractivity contribution in [3.63, 3.8) is 0 Å². The summed E-state index contributed by atoms with van der Waals surface area (Å²) in [6, 6.07) is 8.69. The number of nitrogens with zero attached hydrogens (tertiary/aromatic N) is 1. The molecule has 3 heteroatoms. The second kappa shape index (κ2) is 6.61. The van der Waals surface area contributed by atoms with Gasteiger partial charge in [0.25, 0.3) is 0 Å². The average Bonchev–Trinajstić information content (AvgIpc) is 2.46. The van der Waals surface area contributed by atoms with Crippen LogP contribution in [0.5, 0.6) is 0 Å². The van der Waals surface area contributed by atoms with Crippen molar-refractivity contribution >= 4 is 5.97 Å². The van der Waals surface area contributed by atoms with Crippen molar-refractivity contribution in [1.82, 2.24) is 4.90 Å². The maximum atomic E-state index is 11.9. The van der Waals surface area contributed by atoms with Crippen LogP contribution in [0.1, 0.15) is 51.2 Å². The predicted molar refractivity (Wildman–Crippen MR) is 85.2 cm³/mol. The zero-order valence-corrected chi connectivity index (χ0v) is 13.7. The molecule has 3 nitrogen and oxygen atoms in total. The summed E-state index contributed by atoms with van der Waals surface area (Å²) < 4.78 is 4.94. The molecule has 1 fully saturated rings. The monoisotopic (exact) mass is 289 g/mol. The van der Waals surface area contributed by atoms with E-state index in [1.54, 1.807) is 0 Å². The van der Waals surface area contributed by atoms with Crippen molar-refractivity contribution in [1.29, 1.82) is 0 Å². The van der Waals surface area contributed by atoms with Gasteiger partial charge in [0.15, 0.2) is 0 Å². The van der Waals surface area contributed by atoms with Crippen LogP contribution in [0.15, 0.2) is 24.3 Å². The minimum atomic E-state index is -0.0963. The maximum Gasteiger partial charge on any atom is 0.323 e. The molecule has 2 rings (SSSR count). The van der Waals surface area contributed by atoms with Gasteiger partial charge in [-0.15, -0.1) is 0 Å². The van der Waals surface area contributed by atoms with E-state index < -0.39 is 0 Å². The fourth-order valence-corrected chi connectivity index (χ4v) is 2.93. The van der Waals surface area contributed by atoms with Gasteiger partial charge in [-0.2, -0.15) is 0 Å². The van der Waals surface area contributed by atoms with E-state index in [9.17, 15) is 4.79 Å². The largest absolute Gasteiger partial charge is 0.468 e. The summed E-state index contributed by atoms with van der Waals surface area (Å²) in [5, 5.41) is 0. The molecule has 1 aromatic rings. The van der Waals surface area contributed by atoms with Crippen molar-refractivity contribution < 1.29 is 9.53 Å².